The first kappa shape index (κ1) is 22.4. The van der Waals surface area contributed by atoms with E-state index < -0.39 is 5.97 Å². The Morgan fingerprint density at radius 1 is 1.03 bits per heavy atom. The predicted octanol–water partition coefficient (Wildman–Crippen LogP) is 4.60. The van der Waals surface area contributed by atoms with Crippen molar-refractivity contribution in [3.05, 3.63) is 89.5 Å². The average Bonchev–Trinajstić information content (AvgIpc) is 3.28. The molecule has 8 heteroatoms. The Kier molecular flexibility index (Phi) is 7.26. The number of rotatable bonds is 9. The molecule has 168 valence electrons. The number of carbonyl (C=O) groups is 2. The standard InChI is InChI=1S/C25H22N2O5S/c1-30-19-9-6-7-17(13-19)14-26-23(28)15-31-24(29)20-10-3-2-8-18(20)16-33-25-27-21-11-4-5-12-22(21)32-25/h2-13H,14-16H2,1H3,(H,26,28). The summed E-state index contributed by atoms with van der Waals surface area (Å²) in [6.45, 7) is -0.0548. The van der Waals surface area contributed by atoms with Crippen LogP contribution in [0.3, 0.4) is 0 Å². The van der Waals surface area contributed by atoms with Gasteiger partial charge in [0.05, 0.1) is 12.7 Å². The number of carbonyl (C=O) groups excluding carboxylic acids is 2. The molecular formula is C25H22N2O5S. The van der Waals surface area contributed by atoms with Gasteiger partial charge in [0.15, 0.2) is 12.2 Å². The molecule has 3 aromatic carbocycles. The van der Waals surface area contributed by atoms with E-state index in [1.807, 2.05) is 60.7 Å². The zero-order valence-corrected chi connectivity index (χ0v) is 18.8. The van der Waals surface area contributed by atoms with E-state index in [9.17, 15) is 9.59 Å². The van der Waals surface area contributed by atoms with Crippen LogP contribution in [0.4, 0.5) is 0 Å². The first-order valence-corrected chi connectivity index (χ1v) is 11.2. The molecule has 1 amide bonds. The van der Waals surface area contributed by atoms with Gasteiger partial charge in [0, 0.05) is 12.3 Å². The average molecular weight is 463 g/mol. The Morgan fingerprint density at radius 3 is 2.70 bits per heavy atom. The number of hydrogen-bond acceptors (Lipinski definition) is 7. The lowest BCUT2D eigenvalue weighted by molar-refractivity contribution is -0.124. The molecule has 0 saturated carbocycles. The van der Waals surface area contributed by atoms with E-state index in [1.54, 1.807) is 19.2 Å². The summed E-state index contributed by atoms with van der Waals surface area (Å²) in [4.78, 5) is 29.2. The van der Waals surface area contributed by atoms with Gasteiger partial charge in [-0.3, -0.25) is 4.79 Å². The van der Waals surface area contributed by atoms with Crippen LogP contribution in [0.25, 0.3) is 11.1 Å². The second-order valence-electron chi connectivity index (χ2n) is 7.10. The zero-order valence-electron chi connectivity index (χ0n) is 17.9. The number of thioether (sulfide) groups is 1. The number of nitrogens with one attached hydrogen (secondary N) is 1. The van der Waals surface area contributed by atoms with Crippen molar-refractivity contribution in [2.45, 2.75) is 17.5 Å². The predicted molar refractivity (Wildman–Crippen MR) is 125 cm³/mol. The SMILES string of the molecule is COc1cccc(CNC(=O)COC(=O)c2ccccc2CSc2nc3ccccc3o2)c1. The molecule has 0 fully saturated rings. The molecule has 0 atom stereocenters. The Bertz CT molecular complexity index is 1240. The van der Waals surface area contributed by atoms with Crippen LogP contribution in [-0.4, -0.2) is 30.6 Å². The van der Waals surface area contributed by atoms with Gasteiger partial charge in [0.25, 0.3) is 11.1 Å². The Hall–Kier alpha value is -3.78. The highest BCUT2D eigenvalue weighted by atomic mass is 32.2. The molecule has 0 aliphatic heterocycles. The number of benzene rings is 3. The highest BCUT2D eigenvalue weighted by Crippen LogP contribution is 2.27. The summed E-state index contributed by atoms with van der Waals surface area (Å²) in [6.07, 6.45) is 0. The summed E-state index contributed by atoms with van der Waals surface area (Å²) in [5.41, 5.74) is 3.56. The van der Waals surface area contributed by atoms with Crippen molar-refractivity contribution in [2.75, 3.05) is 13.7 Å². The van der Waals surface area contributed by atoms with E-state index in [1.165, 1.54) is 11.8 Å². The fourth-order valence-electron chi connectivity index (χ4n) is 3.14. The molecule has 4 aromatic rings. The van der Waals surface area contributed by atoms with Crippen molar-refractivity contribution in [3.8, 4) is 5.75 Å². The molecule has 0 saturated heterocycles. The second-order valence-corrected chi connectivity index (χ2v) is 8.02. The molecule has 1 heterocycles. The maximum absolute atomic E-state index is 12.6. The van der Waals surface area contributed by atoms with Crippen molar-refractivity contribution < 1.29 is 23.5 Å². The molecular weight excluding hydrogens is 440 g/mol. The Balaban J connectivity index is 1.31. The Morgan fingerprint density at radius 2 is 1.85 bits per heavy atom. The number of hydrogen-bond donors (Lipinski definition) is 1. The Labute approximate surface area is 195 Å². The van der Waals surface area contributed by atoms with E-state index in [2.05, 4.69) is 10.3 Å². The van der Waals surface area contributed by atoms with Gasteiger partial charge < -0.3 is 19.2 Å². The summed E-state index contributed by atoms with van der Waals surface area (Å²) < 4.78 is 16.1. The lowest BCUT2D eigenvalue weighted by atomic mass is 10.1. The van der Waals surface area contributed by atoms with Crippen LogP contribution in [0.5, 0.6) is 5.75 Å². The molecule has 0 radical (unpaired) electrons. The van der Waals surface area contributed by atoms with Crippen molar-refractivity contribution in [1.82, 2.24) is 10.3 Å². The molecule has 0 aliphatic carbocycles. The van der Waals surface area contributed by atoms with Crippen LogP contribution in [0.15, 0.2) is 82.4 Å². The van der Waals surface area contributed by atoms with Gasteiger partial charge in [-0.15, -0.1) is 0 Å². The number of ether oxygens (including phenoxy) is 2. The van der Waals surface area contributed by atoms with Crippen LogP contribution >= 0.6 is 11.8 Å². The smallest absolute Gasteiger partial charge is 0.338 e. The molecule has 1 N–H and O–H groups in total. The number of amides is 1. The van der Waals surface area contributed by atoms with Gasteiger partial charge >= 0.3 is 5.97 Å². The van der Waals surface area contributed by atoms with Gasteiger partial charge in [-0.05, 0) is 41.5 Å². The van der Waals surface area contributed by atoms with Gasteiger partial charge in [-0.2, -0.15) is 0 Å². The fourth-order valence-corrected chi connectivity index (χ4v) is 3.98. The summed E-state index contributed by atoms with van der Waals surface area (Å²) in [7, 11) is 1.58. The van der Waals surface area contributed by atoms with Crippen molar-refractivity contribution in [1.29, 1.82) is 0 Å². The third-order valence-corrected chi connectivity index (χ3v) is 5.70. The van der Waals surface area contributed by atoms with Crippen LogP contribution in [0, 0.1) is 0 Å². The summed E-state index contributed by atoms with van der Waals surface area (Å²) >= 11 is 1.39. The van der Waals surface area contributed by atoms with E-state index in [0.717, 1.165) is 16.6 Å². The van der Waals surface area contributed by atoms with Crippen LogP contribution in [-0.2, 0) is 21.8 Å². The monoisotopic (exact) mass is 462 g/mol. The largest absolute Gasteiger partial charge is 0.497 e. The van der Waals surface area contributed by atoms with Crippen molar-refractivity contribution >= 4 is 34.7 Å². The minimum absolute atomic E-state index is 0.311. The molecule has 4 rings (SSSR count). The molecule has 1 aromatic heterocycles. The topological polar surface area (TPSA) is 90.7 Å². The number of aromatic nitrogens is 1. The molecule has 0 bridgehead atoms. The molecule has 0 spiro atoms. The van der Waals surface area contributed by atoms with Crippen LogP contribution in [0.2, 0.25) is 0 Å². The highest BCUT2D eigenvalue weighted by Gasteiger charge is 2.15. The van der Waals surface area contributed by atoms with Gasteiger partial charge in [0.1, 0.15) is 11.3 Å². The van der Waals surface area contributed by atoms with E-state index in [4.69, 9.17) is 13.9 Å². The lowest BCUT2D eigenvalue weighted by Crippen LogP contribution is -2.28. The molecule has 33 heavy (non-hydrogen) atoms. The van der Waals surface area contributed by atoms with Crippen molar-refractivity contribution in [2.24, 2.45) is 0 Å². The highest BCUT2D eigenvalue weighted by molar-refractivity contribution is 7.98. The maximum atomic E-state index is 12.6. The molecule has 0 unspecified atom stereocenters. The first-order chi connectivity index (χ1) is 16.1. The number of nitrogens with zero attached hydrogens (tertiary/aromatic N) is 1. The molecule has 7 nitrogen and oxygen atoms in total. The van der Waals surface area contributed by atoms with Gasteiger partial charge in [-0.1, -0.05) is 54.2 Å². The lowest BCUT2D eigenvalue weighted by Gasteiger charge is -2.10. The van der Waals surface area contributed by atoms with Crippen LogP contribution < -0.4 is 10.1 Å². The van der Waals surface area contributed by atoms with Gasteiger partial charge in [-0.25, -0.2) is 9.78 Å². The summed E-state index contributed by atoms with van der Waals surface area (Å²) in [5.74, 6) is 0.241. The third-order valence-electron chi connectivity index (χ3n) is 4.82. The molecule has 0 aliphatic rings. The maximum Gasteiger partial charge on any atom is 0.338 e. The minimum Gasteiger partial charge on any atom is -0.497 e. The minimum atomic E-state index is -0.555. The van der Waals surface area contributed by atoms with E-state index in [0.29, 0.717) is 34.4 Å². The van der Waals surface area contributed by atoms with E-state index >= 15 is 0 Å². The quantitative estimate of drug-likeness (QED) is 0.287. The summed E-state index contributed by atoms with van der Waals surface area (Å²) in [5, 5.41) is 3.26. The number of para-hydroxylation sites is 2. The zero-order chi connectivity index (χ0) is 23.0. The number of esters is 1. The fraction of sp³-hybridized carbons (Fsp3) is 0.160. The number of methoxy groups -OCH3 is 1. The number of oxazole rings is 1. The van der Waals surface area contributed by atoms with Crippen molar-refractivity contribution in [3.63, 3.8) is 0 Å². The first-order valence-electron chi connectivity index (χ1n) is 10.3. The van der Waals surface area contributed by atoms with Gasteiger partial charge in [0.2, 0.25) is 0 Å². The van der Waals surface area contributed by atoms with Crippen LogP contribution in [0.1, 0.15) is 21.5 Å². The normalized spacial score (nSPS) is 10.7. The number of fused-ring (bicyclic) bond motifs is 1. The van der Waals surface area contributed by atoms with E-state index in [-0.39, 0.29) is 12.5 Å². The second kappa shape index (κ2) is 10.7. The third kappa shape index (κ3) is 5.93. The summed E-state index contributed by atoms with van der Waals surface area (Å²) in [6, 6.07) is 22.0.